The van der Waals surface area contributed by atoms with Gasteiger partial charge in [0.15, 0.2) is 0 Å². The van der Waals surface area contributed by atoms with Crippen LogP contribution in [0.2, 0.25) is 0 Å². The number of hydrogen-bond acceptors (Lipinski definition) is 2. The molecule has 13 rings (SSSR count). The van der Waals surface area contributed by atoms with Gasteiger partial charge in [0.1, 0.15) is 0 Å². The van der Waals surface area contributed by atoms with E-state index < -0.39 is 0 Å². The maximum atomic E-state index is 2.60. The van der Waals surface area contributed by atoms with Gasteiger partial charge in [0.25, 0.3) is 6.71 Å². The molecule has 0 unspecified atom stereocenters. The second kappa shape index (κ2) is 12.4. The van der Waals surface area contributed by atoms with Crippen molar-refractivity contribution in [3.63, 3.8) is 0 Å². The molecular formula is C54H35BN4. The zero-order valence-electron chi connectivity index (χ0n) is 32.1. The Kier molecular flexibility index (Phi) is 6.78. The summed E-state index contributed by atoms with van der Waals surface area (Å²) in [7, 11) is 0. The number of aromatic nitrogens is 2. The molecule has 9 aromatic carbocycles. The highest BCUT2D eigenvalue weighted by Crippen LogP contribution is 2.46. The van der Waals surface area contributed by atoms with Crippen molar-refractivity contribution in [3.8, 4) is 11.4 Å². The summed E-state index contributed by atoms with van der Waals surface area (Å²) in [5.41, 5.74) is 18.1. The Morgan fingerprint density at radius 1 is 0.339 bits per heavy atom. The van der Waals surface area contributed by atoms with Crippen molar-refractivity contribution in [3.05, 3.63) is 212 Å². The first kappa shape index (κ1) is 32.3. The largest absolute Gasteiger partial charge is 0.311 e. The molecule has 2 aromatic heterocycles. The van der Waals surface area contributed by atoms with Gasteiger partial charge >= 0.3 is 0 Å². The van der Waals surface area contributed by atoms with E-state index >= 15 is 0 Å². The highest BCUT2D eigenvalue weighted by atomic mass is 15.2. The Morgan fingerprint density at radius 3 is 1.61 bits per heavy atom. The lowest BCUT2D eigenvalue weighted by atomic mass is 9.34. The predicted molar refractivity (Wildman–Crippen MR) is 249 cm³/mol. The summed E-state index contributed by atoms with van der Waals surface area (Å²) in [5.74, 6) is 0. The standard InChI is InChI=1S/C54H35BN4/c1-5-18-36(19-6-1)56(37-20-7-2-8-21-37)40-32-51-53-52(33-40)59-50-34-43-41-26-13-15-30-47(41)57(38-22-9-3-10-23-38)49(43)35-44(50)42-27-17-29-46(54(42)59)55(53)45-28-14-16-31-48(45)58(51)39-24-11-4-12-25-39/h1-35H. The quantitative estimate of drug-likeness (QED) is 0.163. The minimum absolute atomic E-state index is 0.0426. The fourth-order valence-corrected chi connectivity index (χ4v) is 10.3. The minimum Gasteiger partial charge on any atom is -0.311 e. The number of benzene rings is 9. The van der Waals surface area contributed by atoms with Crippen LogP contribution in [0.3, 0.4) is 0 Å². The van der Waals surface area contributed by atoms with Gasteiger partial charge in [-0.05, 0) is 101 Å². The van der Waals surface area contributed by atoms with Crippen molar-refractivity contribution in [2.24, 2.45) is 0 Å². The van der Waals surface area contributed by atoms with Gasteiger partial charge in [-0.1, -0.05) is 127 Å². The van der Waals surface area contributed by atoms with Crippen molar-refractivity contribution in [1.29, 1.82) is 0 Å². The molecule has 0 radical (unpaired) electrons. The highest BCUT2D eigenvalue weighted by molar-refractivity contribution is 7.00. The number of anilines is 6. The van der Waals surface area contributed by atoms with Crippen LogP contribution in [0.4, 0.5) is 34.1 Å². The summed E-state index contributed by atoms with van der Waals surface area (Å²) in [6.07, 6.45) is 0. The van der Waals surface area contributed by atoms with Gasteiger partial charge in [-0.2, -0.15) is 0 Å². The van der Waals surface area contributed by atoms with Crippen LogP contribution in [0.5, 0.6) is 0 Å². The molecule has 0 bridgehead atoms. The minimum atomic E-state index is 0.0426. The van der Waals surface area contributed by atoms with Crippen molar-refractivity contribution in [2.45, 2.75) is 0 Å². The molecule has 4 heterocycles. The second-order valence-electron chi connectivity index (χ2n) is 15.7. The fraction of sp³-hybridized carbons (Fsp3) is 0. The molecule has 2 aliphatic rings. The van der Waals surface area contributed by atoms with Crippen LogP contribution in [0.15, 0.2) is 212 Å². The first-order valence-electron chi connectivity index (χ1n) is 20.4. The topological polar surface area (TPSA) is 16.3 Å². The summed E-state index contributed by atoms with van der Waals surface area (Å²) < 4.78 is 5.03. The number of para-hydroxylation sites is 7. The van der Waals surface area contributed by atoms with E-state index in [-0.39, 0.29) is 6.71 Å². The zero-order valence-corrected chi connectivity index (χ0v) is 32.1. The fourth-order valence-electron chi connectivity index (χ4n) is 10.3. The molecule has 2 aliphatic heterocycles. The van der Waals surface area contributed by atoms with E-state index in [1.54, 1.807) is 0 Å². The second-order valence-corrected chi connectivity index (χ2v) is 15.7. The molecule has 0 atom stereocenters. The Morgan fingerprint density at radius 2 is 0.881 bits per heavy atom. The Labute approximate surface area is 342 Å². The Hall–Kier alpha value is -7.76. The van der Waals surface area contributed by atoms with Crippen LogP contribution in [-0.2, 0) is 0 Å². The molecule has 4 nitrogen and oxygen atoms in total. The summed E-state index contributed by atoms with van der Waals surface area (Å²) >= 11 is 0. The highest BCUT2D eigenvalue weighted by Gasteiger charge is 2.42. The van der Waals surface area contributed by atoms with Crippen LogP contribution in [-0.4, -0.2) is 15.8 Å². The van der Waals surface area contributed by atoms with Gasteiger partial charge in [-0.3, -0.25) is 0 Å². The summed E-state index contributed by atoms with van der Waals surface area (Å²) in [5, 5.41) is 5.02. The number of rotatable bonds is 5. The first-order chi connectivity index (χ1) is 29.3. The maximum absolute atomic E-state index is 2.60. The van der Waals surface area contributed by atoms with E-state index in [2.05, 4.69) is 231 Å². The van der Waals surface area contributed by atoms with Gasteiger partial charge in [0.2, 0.25) is 0 Å². The number of nitrogens with zero attached hydrogens (tertiary/aromatic N) is 4. The van der Waals surface area contributed by atoms with Gasteiger partial charge in [-0.15, -0.1) is 0 Å². The summed E-state index contributed by atoms with van der Waals surface area (Å²) in [6, 6.07) is 77.9. The van der Waals surface area contributed by atoms with E-state index in [0.717, 1.165) is 28.4 Å². The lowest BCUT2D eigenvalue weighted by Gasteiger charge is -2.41. The molecule has 0 N–H and O–H groups in total. The molecule has 0 saturated carbocycles. The lowest BCUT2D eigenvalue weighted by molar-refractivity contribution is 1.16. The van der Waals surface area contributed by atoms with Gasteiger partial charge in [0.05, 0.1) is 22.2 Å². The molecular weight excluding hydrogens is 715 g/mol. The van der Waals surface area contributed by atoms with Crippen molar-refractivity contribution < 1.29 is 0 Å². The van der Waals surface area contributed by atoms with Crippen LogP contribution in [0.25, 0.3) is 55.0 Å². The van der Waals surface area contributed by atoms with Crippen LogP contribution in [0, 0.1) is 0 Å². The van der Waals surface area contributed by atoms with Crippen molar-refractivity contribution in [1.82, 2.24) is 9.13 Å². The predicted octanol–water partition coefficient (Wildman–Crippen LogP) is 12.0. The van der Waals surface area contributed by atoms with E-state index in [1.165, 1.54) is 77.1 Å². The van der Waals surface area contributed by atoms with Gasteiger partial charge < -0.3 is 18.9 Å². The van der Waals surface area contributed by atoms with E-state index in [1.807, 2.05) is 0 Å². The van der Waals surface area contributed by atoms with Crippen molar-refractivity contribution in [2.75, 3.05) is 9.80 Å². The molecule has 0 amide bonds. The Bertz CT molecular complexity index is 3410. The number of hydrogen-bond donors (Lipinski definition) is 0. The average Bonchev–Trinajstić information content (AvgIpc) is 3.81. The van der Waals surface area contributed by atoms with Crippen LogP contribution in [0.1, 0.15) is 0 Å². The summed E-state index contributed by atoms with van der Waals surface area (Å²) in [6.45, 7) is 0.0426. The number of fused-ring (bicyclic) bond motifs is 10. The average molecular weight is 751 g/mol. The molecule has 59 heavy (non-hydrogen) atoms. The zero-order chi connectivity index (χ0) is 38.6. The third-order valence-corrected chi connectivity index (χ3v) is 12.6. The van der Waals surface area contributed by atoms with E-state index in [9.17, 15) is 0 Å². The molecule has 0 fully saturated rings. The molecule has 0 saturated heterocycles. The Balaban J connectivity index is 1.20. The summed E-state index contributed by atoms with van der Waals surface area (Å²) in [4.78, 5) is 4.90. The van der Waals surface area contributed by atoms with Crippen LogP contribution >= 0.6 is 0 Å². The first-order valence-corrected chi connectivity index (χ1v) is 20.4. The maximum Gasteiger partial charge on any atom is 0.252 e. The SMILES string of the molecule is c1ccc(N(c2ccccc2)c2cc3c4c(c2)-n2c5cc6c7ccccc7n(-c7ccccc7)c6cc5c5cccc(c52)B4c2ccccc2N3c2ccccc2)cc1. The van der Waals surface area contributed by atoms with Gasteiger partial charge in [0, 0.05) is 66.9 Å². The van der Waals surface area contributed by atoms with E-state index in [0.29, 0.717) is 0 Å². The van der Waals surface area contributed by atoms with Crippen LogP contribution < -0.4 is 26.2 Å². The molecule has 11 aromatic rings. The molecule has 0 spiro atoms. The molecule has 0 aliphatic carbocycles. The monoisotopic (exact) mass is 750 g/mol. The van der Waals surface area contributed by atoms with Gasteiger partial charge in [-0.25, -0.2) is 0 Å². The smallest absolute Gasteiger partial charge is 0.252 e. The molecule has 274 valence electrons. The van der Waals surface area contributed by atoms with E-state index in [4.69, 9.17) is 0 Å². The third-order valence-electron chi connectivity index (χ3n) is 12.6. The molecule has 5 heteroatoms. The normalized spacial score (nSPS) is 12.7. The lowest BCUT2D eigenvalue weighted by Crippen LogP contribution is -2.60. The van der Waals surface area contributed by atoms with Crippen molar-refractivity contribution >= 4 is 101 Å². The third kappa shape index (κ3) is 4.55.